The molecule has 1 amide bonds. The first kappa shape index (κ1) is 20.8. The smallest absolute Gasteiger partial charge is 0.363 e. The maximum atomic E-state index is 12.5. The van der Waals surface area contributed by atoms with E-state index in [4.69, 9.17) is 4.74 Å². The van der Waals surface area contributed by atoms with Crippen molar-refractivity contribution in [2.45, 2.75) is 52.1 Å². The Morgan fingerprint density at radius 2 is 1.90 bits per heavy atom. The summed E-state index contributed by atoms with van der Waals surface area (Å²) in [6.45, 7) is 3.82. The Morgan fingerprint density at radius 1 is 1.21 bits per heavy atom. The van der Waals surface area contributed by atoms with Gasteiger partial charge in [-0.2, -0.15) is 5.10 Å². The quantitative estimate of drug-likeness (QED) is 0.757. The van der Waals surface area contributed by atoms with Crippen molar-refractivity contribution in [1.29, 1.82) is 0 Å². The van der Waals surface area contributed by atoms with Gasteiger partial charge in [0.25, 0.3) is 5.91 Å². The molecule has 0 unspecified atom stereocenters. The van der Waals surface area contributed by atoms with Crippen LogP contribution in [-0.2, 0) is 9.53 Å². The largest absolute Gasteiger partial charge is 0.448 e. The Labute approximate surface area is 170 Å². The molecule has 1 heterocycles. The molecule has 1 aliphatic carbocycles. The lowest BCUT2D eigenvalue weighted by molar-refractivity contribution is -0.129. The highest BCUT2D eigenvalue weighted by molar-refractivity contribution is 5.90. The number of rotatable bonds is 6. The summed E-state index contributed by atoms with van der Waals surface area (Å²) in [7, 11) is 0. The summed E-state index contributed by atoms with van der Waals surface area (Å²) in [5.74, 6) is -0.785. The van der Waals surface area contributed by atoms with Crippen LogP contribution in [0.2, 0.25) is 0 Å². The lowest BCUT2D eigenvalue weighted by Gasteiger charge is -2.22. The third-order valence-electron chi connectivity index (χ3n) is 5.24. The number of carbonyl (C=O) groups excluding carboxylic acids is 2. The molecule has 1 aromatic carbocycles. The second-order valence-electron chi connectivity index (χ2n) is 7.54. The van der Waals surface area contributed by atoms with Gasteiger partial charge >= 0.3 is 5.97 Å². The Morgan fingerprint density at radius 3 is 2.59 bits per heavy atom. The molecule has 154 valence electrons. The van der Waals surface area contributed by atoms with Crippen molar-refractivity contribution in [1.82, 2.24) is 15.1 Å². The summed E-state index contributed by atoms with van der Waals surface area (Å²) in [4.78, 5) is 37.1. The number of esters is 1. The zero-order valence-electron chi connectivity index (χ0n) is 16.9. The minimum Gasteiger partial charge on any atom is -0.448 e. The number of aromatic nitrogens is 2. The Bertz CT molecular complexity index is 917. The van der Waals surface area contributed by atoms with Crippen molar-refractivity contribution in [2.75, 3.05) is 6.54 Å². The van der Waals surface area contributed by atoms with E-state index < -0.39 is 17.5 Å². The van der Waals surface area contributed by atoms with Gasteiger partial charge < -0.3 is 10.1 Å². The molecule has 0 aliphatic heterocycles. The van der Waals surface area contributed by atoms with E-state index in [-0.39, 0.29) is 11.6 Å². The molecule has 1 fully saturated rings. The fourth-order valence-corrected chi connectivity index (χ4v) is 3.57. The zero-order chi connectivity index (χ0) is 20.8. The molecule has 2 aromatic rings. The first-order chi connectivity index (χ1) is 14.0. The lowest BCUT2D eigenvalue weighted by Crippen LogP contribution is -2.39. The second-order valence-corrected chi connectivity index (χ2v) is 7.54. The zero-order valence-corrected chi connectivity index (χ0v) is 16.9. The second kappa shape index (κ2) is 9.49. The van der Waals surface area contributed by atoms with E-state index in [9.17, 15) is 14.4 Å². The molecule has 0 radical (unpaired) electrons. The normalized spacial score (nSPS) is 15.5. The Balaban J connectivity index is 1.66. The summed E-state index contributed by atoms with van der Waals surface area (Å²) < 4.78 is 6.73. The summed E-state index contributed by atoms with van der Waals surface area (Å²) in [6.07, 6.45) is 4.86. The summed E-state index contributed by atoms with van der Waals surface area (Å²) in [6, 6.07) is 10.5. The van der Waals surface area contributed by atoms with Crippen LogP contribution < -0.4 is 10.7 Å². The number of benzene rings is 1. The average Bonchev–Trinajstić information content (AvgIpc) is 2.73. The van der Waals surface area contributed by atoms with Gasteiger partial charge in [0.15, 0.2) is 6.10 Å². The van der Waals surface area contributed by atoms with Gasteiger partial charge in [0.2, 0.25) is 11.1 Å². The fourth-order valence-electron chi connectivity index (χ4n) is 3.57. The predicted molar refractivity (Wildman–Crippen MR) is 109 cm³/mol. The molecule has 29 heavy (non-hydrogen) atoms. The van der Waals surface area contributed by atoms with Gasteiger partial charge in [-0.1, -0.05) is 37.5 Å². The van der Waals surface area contributed by atoms with Gasteiger partial charge in [0.1, 0.15) is 0 Å². The van der Waals surface area contributed by atoms with Crippen molar-refractivity contribution in [3.63, 3.8) is 0 Å². The molecule has 1 atom stereocenters. The van der Waals surface area contributed by atoms with E-state index in [0.29, 0.717) is 18.2 Å². The van der Waals surface area contributed by atoms with Crippen LogP contribution in [0, 0.1) is 12.8 Å². The third kappa shape index (κ3) is 5.31. The predicted octanol–water partition coefficient (Wildman–Crippen LogP) is 2.78. The number of ether oxygens (including phenoxy) is 1. The molecule has 0 bridgehead atoms. The minimum absolute atomic E-state index is 0.341. The number of para-hydroxylation sites is 1. The lowest BCUT2D eigenvalue weighted by atomic mass is 9.89. The van der Waals surface area contributed by atoms with E-state index in [1.807, 2.05) is 30.3 Å². The molecule has 1 N–H and O–H groups in total. The van der Waals surface area contributed by atoms with E-state index in [1.165, 1.54) is 36.9 Å². The van der Waals surface area contributed by atoms with Gasteiger partial charge in [0.05, 0.1) is 5.69 Å². The molecule has 1 aromatic heterocycles. The molecule has 7 nitrogen and oxygen atoms in total. The molecular formula is C22H27N3O4. The Kier molecular flexibility index (Phi) is 6.80. The topological polar surface area (TPSA) is 90.3 Å². The van der Waals surface area contributed by atoms with Crippen molar-refractivity contribution in [3.05, 3.63) is 58.0 Å². The van der Waals surface area contributed by atoms with Crippen LogP contribution in [0.5, 0.6) is 0 Å². The molecule has 0 spiro atoms. The number of amides is 1. The Hall–Kier alpha value is -2.96. The van der Waals surface area contributed by atoms with E-state index in [0.717, 1.165) is 18.5 Å². The van der Waals surface area contributed by atoms with Crippen LogP contribution in [0.3, 0.4) is 0 Å². The number of nitrogens with one attached hydrogen (secondary N) is 1. The standard InChI is InChI=1S/C22H27N3O4/c1-15-13-19(26)20(24-25(15)18-11-7-4-8-12-18)22(28)29-16(2)21(27)23-14-17-9-5-3-6-10-17/h4,7-8,11-13,16-17H,3,5-6,9-10,14H2,1-2H3,(H,23,27)/t16-/m1/s1. The maximum absolute atomic E-state index is 12.5. The van der Waals surface area contributed by atoms with Crippen LogP contribution >= 0.6 is 0 Å². The average molecular weight is 397 g/mol. The van der Waals surface area contributed by atoms with E-state index >= 15 is 0 Å². The summed E-state index contributed by atoms with van der Waals surface area (Å²) in [5.41, 5.74) is 0.439. The van der Waals surface area contributed by atoms with Gasteiger partial charge in [0, 0.05) is 18.3 Å². The fraction of sp³-hybridized carbons (Fsp3) is 0.455. The first-order valence-electron chi connectivity index (χ1n) is 10.1. The number of carbonyl (C=O) groups is 2. The minimum atomic E-state index is -1.00. The third-order valence-corrected chi connectivity index (χ3v) is 5.24. The van der Waals surface area contributed by atoms with E-state index in [1.54, 1.807) is 6.92 Å². The van der Waals surface area contributed by atoms with Gasteiger partial charge in [-0.05, 0) is 44.7 Å². The highest BCUT2D eigenvalue weighted by Gasteiger charge is 2.24. The summed E-state index contributed by atoms with van der Waals surface area (Å²) >= 11 is 0. The molecule has 7 heteroatoms. The number of hydrogen-bond donors (Lipinski definition) is 1. The molecule has 0 saturated heterocycles. The van der Waals surface area contributed by atoms with Crippen molar-refractivity contribution in [3.8, 4) is 5.69 Å². The highest BCUT2D eigenvalue weighted by atomic mass is 16.5. The van der Waals surface area contributed by atoms with Crippen LogP contribution in [0.15, 0.2) is 41.2 Å². The maximum Gasteiger partial charge on any atom is 0.363 e. The van der Waals surface area contributed by atoms with Crippen LogP contribution in [0.1, 0.15) is 55.2 Å². The van der Waals surface area contributed by atoms with Crippen LogP contribution in [0.25, 0.3) is 5.69 Å². The highest BCUT2D eigenvalue weighted by Crippen LogP contribution is 2.22. The number of hydrogen-bond acceptors (Lipinski definition) is 5. The number of nitrogens with zero attached hydrogens (tertiary/aromatic N) is 2. The van der Waals surface area contributed by atoms with Crippen molar-refractivity contribution >= 4 is 11.9 Å². The van der Waals surface area contributed by atoms with Crippen LogP contribution in [0.4, 0.5) is 0 Å². The van der Waals surface area contributed by atoms with Crippen LogP contribution in [-0.4, -0.2) is 34.3 Å². The van der Waals surface area contributed by atoms with Gasteiger partial charge in [-0.25, -0.2) is 9.48 Å². The summed E-state index contributed by atoms with van der Waals surface area (Å²) in [5, 5.41) is 7.02. The van der Waals surface area contributed by atoms with E-state index in [2.05, 4.69) is 10.4 Å². The monoisotopic (exact) mass is 397 g/mol. The molecule has 3 rings (SSSR count). The molecule has 1 aliphatic rings. The number of aryl methyl sites for hydroxylation is 1. The van der Waals surface area contributed by atoms with Gasteiger partial charge in [-0.3, -0.25) is 9.59 Å². The van der Waals surface area contributed by atoms with Gasteiger partial charge in [-0.15, -0.1) is 0 Å². The van der Waals surface area contributed by atoms with Crippen molar-refractivity contribution in [2.24, 2.45) is 5.92 Å². The van der Waals surface area contributed by atoms with Crippen molar-refractivity contribution < 1.29 is 14.3 Å². The molecular weight excluding hydrogens is 370 g/mol. The SMILES string of the molecule is Cc1cc(=O)c(C(=O)O[C@H](C)C(=O)NCC2CCCCC2)nn1-c1ccccc1. The molecule has 1 saturated carbocycles. The first-order valence-corrected chi connectivity index (χ1v) is 10.1.